The third-order valence-electron chi connectivity index (χ3n) is 2.90. The van der Waals surface area contributed by atoms with Gasteiger partial charge in [-0.1, -0.05) is 30.3 Å². The Kier molecular flexibility index (Phi) is 2.83. The van der Waals surface area contributed by atoms with Crippen LogP contribution in [0, 0.1) is 11.3 Å². The Morgan fingerprint density at radius 1 is 0.947 bits per heavy atom. The van der Waals surface area contributed by atoms with Crippen molar-refractivity contribution < 1.29 is 0 Å². The second-order valence-corrected chi connectivity index (χ2v) is 4.17. The van der Waals surface area contributed by atoms with Crippen LogP contribution in [0.5, 0.6) is 0 Å². The van der Waals surface area contributed by atoms with Gasteiger partial charge in [0.2, 0.25) is 0 Å². The van der Waals surface area contributed by atoms with Crippen LogP contribution in [0.1, 0.15) is 5.56 Å². The van der Waals surface area contributed by atoms with Gasteiger partial charge in [0.15, 0.2) is 0 Å². The van der Waals surface area contributed by atoms with Gasteiger partial charge >= 0.3 is 0 Å². The molecule has 0 saturated heterocycles. The van der Waals surface area contributed by atoms with Gasteiger partial charge in [-0.3, -0.25) is 0 Å². The molecule has 19 heavy (non-hydrogen) atoms. The van der Waals surface area contributed by atoms with Crippen LogP contribution in [0.25, 0.3) is 16.9 Å². The standard InChI is InChI=1S/C16H11N3/c17-12-13-5-4-6-14(11-13)16-9-10-19(18-16)15-7-2-1-3-8-15/h1-11H. The summed E-state index contributed by atoms with van der Waals surface area (Å²) < 4.78 is 1.83. The predicted molar refractivity (Wildman–Crippen MR) is 73.7 cm³/mol. The van der Waals surface area contributed by atoms with Crippen molar-refractivity contribution in [3.8, 4) is 23.0 Å². The molecule has 0 N–H and O–H groups in total. The van der Waals surface area contributed by atoms with Crippen LogP contribution in [0.2, 0.25) is 0 Å². The first-order valence-electron chi connectivity index (χ1n) is 5.98. The fourth-order valence-corrected chi connectivity index (χ4v) is 1.95. The summed E-state index contributed by atoms with van der Waals surface area (Å²) in [5, 5.41) is 13.4. The number of para-hydroxylation sites is 1. The summed E-state index contributed by atoms with van der Waals surface area (Å²) in [6.07, 6.45) is 1.92. The van der Waals surface area contributed by atoms with Gasteiger partial charge in [-0.25, -0.2) is 4.68 Å². The van der Waals surface area contributed by atoms with Gasteiger partial charge in [-0.15, -0.1) is 0 Å². The summed E-state index contributed by atoms with van der Waals surface area (Å²) in [6, 6.07) is 21.5. The molecule has 0 saturated carbocycles. The van der Waals surface area contributed by atoms with Crippen molar-refractivity contribution >= 4 is 0 Å². The number of aromatic nitrogens is 2. The first-order valence-corrected chi connectivity index (χ1v) is 5.98. The average Bonchev–Trinajstić information content (AvgIpc) is 2.98. The fraction of sp³-hybridized carbons (Fsp3) is 0. The van der Waals surface area contributed by atoms with Crippen molar-refractivity contribution in [2.24, 2.45) is 0 Å². The molecule has 0 fully saturated rings. The minimum Gasteiger partial charge on any atom is -0.240 e. The zero-order valence-electron chi connectivity index (χ0n) is 10.2. The van der Waals surface area contributed by atoms with Crippen molar-refractivity contribution in [1.29, 1.82) is 5.26 Å². The van der Waals surface area contributed by atoms with Crippen molar-refractivity contribution in [3.05, 3.63) is 72.4 Å². The fourth-order valence-electron chi connectivity index (χ4n) is 1.95. The Hall–Kier alpha value is -2.86. The summed E-state index contributed by atoms with van der Waals surface area (Å²) in [7, 11) is 0. The van der Waals surface area contributed by atoms with E-state index < -0.39 is 0 Å². The molecule has 3 nitrogen and oxygen atoms in total. The zero-order chi connectivity index (χ0) is 13.1. The Morgan fingerprint density at radius 3 is 2.58 bits per heavy atom. The molecule has 90 valence electrons. The zero-order valence-corrected chi connectivity index (χ0v) is 10.2. The molecular weight excluding hydrogens is 234 g/mol. The van der Waals surface area contributed by atoms with E-state index in [0.717, 1.165) is 16.9 Å². The van der Waals surface area contributed by atoms with Crippen LogP contribution in [0.3, 0.4) is 0 Å². The lowest BCUT2D eigenvalue weighted by Gasteiger charge is -2.00. The van der Waals surface area contributed by atoms with Crippen molar-refractivity contribution in [3.63, 3.8) is 0 Å². The molecule has 0 unspecified atom stereocenters. The lowest BCUT2D eigenvalue weighted by atomic mass is 10.1. The molecule has 0 aliphatic heterocycles. The minimum atomic E-state index is 0.645. The van der Waals surface area contributed by atoms with E-state index in [1.54, 1.807) is 6.07 Å². The van der Waals surface area contributed by atoms with Crippen LogP contribution >= 0.6 is 0 Å². The van der Waals surface area contributed by atoms with E-state index in [0.29, 0.717) is 5.56 Å². The third-order valence-corrected chi connectivity index (χ3v) is 2.90. The van der Waals surface area contributed by atoms with Crippen LogP contribution in [-0.4, -0.2) is 9.78 Å². The smallest absolute Gasteiger partial charge is 0.0991 e. The lowest BCUT2D eigenvalue weighted by molar-refractivity contribution is 0.884. The van der Waals surface area contributed by atoms with E-state index in [4.69, 9.17) is 5.26 Å². The molecule has 3 aromatic rings. The highest BCUT2D eigenvalue weighted by Gasteiger charge is 2.04. The van der Waals surface area contributed by atoms with E-state index in [9.17, 15) is 0 Å². The topological polar surface area (TPSA) is 41.6 Å². The van der Waals surface area contributed by atoms with Gasteiger partial charge in [-0.2, -0.15) is 10.4 Å². The van der Waals surface area contributed by atoms with Gasteiger partial charge in [-0.05, 0) is 30.3 Å². The van der Waals surface area contributed by atoms with Gasteiger partial charge in [0.25, 0.3) is 0 Å². The van der Waals surface area contributed by atoms with E-state index in [2.05, 4.69) is 11.2 Å². The Balaban J connectivity index is 2.00. The second kappa shape index (κ2) is 4.79. The van der Waals surface area contributed by atoms with Gasteiger partial charge in [0, 0.05) is 11.8 Å². The lowest BCUT2D eigenvalue weighted by Crippen LogP contribution is -1.94. The molecule has 3 rings (SSSR count). The summed E-state index contributed by atoms with van der Waals surface area (Å²) in [6.45, 7) is 0. The number of nitriles is 1. The van der Waals surface area contributed by atoms with Crippen LogP contribution in [0.15, 0.2) is 66.9 Å². The summed E-state index contributed by atoms with van der Waals surface area (Å²) in [5.74, 6) is 0. The first kappa shape index (κ1) is 11.2. The van der Waals surface area contributed by atoms with E-state index >= 15 is 0 Å². The second-order valence-electron chi connectivity index (χ2n) is 4.17. The highest BCUT2D eigenvalue weighted by Crippen LogP contribution is 2.19. The number of nitrogens with zero attached hydrogens (tertiary/aromatic N) is 3. The molecule has 0 atom stereocenters. The molecule has 1 aromatic heterocycles. The summed E-state index contributed by atoms with van der Waals surface area (Å²) >= 11 is 0. The number of hydrogen-bond donors (Lipinski definition) is 0. The molecule has 3 heteroatoms. The van der Waals surface area contributed by atoms with Crippen LogP contribution < -0.4 is 0 Å². The number of hydrogen-bond acceptors (Lipinski definition) is 2. The van der Waals surface area contributed by atoms with E-state index in [1.807, 2.05) is 65.5 Å². The summed E-state index contributed by atoms with van der Waals surface area (Å²) in [5.41, 5.74) is 3.48. The van der Waals surface area contributed by atoms with E-state index in [1.165, 1.54) is 0 Å². The first-order chi connectivity index (χ1) is 9.36. The summed E-state index contributed by atoms with van der Waals surface area (Å²) in [4.78, 5) is 0. The maximum Gasteiger partial charge on any atom is 0.0991 e. The number of benzene rings is 2. The van der Waals surface area contributed by atoms with Gasteiger partial charge in [0.1, 0.15) is 0 Å². The third kappa shape index (κ3) is 2.24. The van der Waals surface area contributed by atoms with Crippen molar-refractivity contribution in [2.45, 2.75) is 0 Å². The normalized spacial score (nSPS) is 10.1. The highest BCUT2D eigenvalue weighted by molar-refractivity contribution is 5.61. The largest absolute Gasteiger partial charge is 0.240 e. The predicted octanol–water partition coefficient (Wildman–Crippen LogP) is 3.41. The molecule has 2 aromatic carbocycles. The van der Waals surface area contributed by atoms with Crippen molar-refractivity contribution in [2.75, 3.05) is 0 Å². The molecule has 0 radical (unpaired) electrons. The minimum absolute atomic E-state index is 0.645. The maximum absolute atomic E-state index is 8.92. The van der Waals surface area contributed by atoms with Crippen LogP contribution in [0.4, 0.5) is 0 Å². The Bertz CT molecular complexity index is 736. The van der Waals surface area contributed by atoms with Gasteiger partial charge < -0.3 is 0 Å². The molecular formula is C16H11N3. The Morgan fingerprint density at radius 2 is 1.79 bits per heavy atom. The monoisotopic (exact) mass is 245 g/mol. The van der Waals surface area contributed by atoms with E-state index in [-0.39, 0.29) is 0 Å². The molecule has 0 aliphatic carbocycles. The molecule has 0 bridgehead atoms. The number of rotatable bonds is 2. The Labute approximate surface area is 111 Å². The maximum atomic E-state index is 8.92. The van der Waals surface area contributed by atoms with Crippen LogP contribution in [-0.2, 0) is 0 Å². The van der Waals surface area contributed by atoms with Gasteiger partial charge in [0.05, 0.1) is 23.0 Å². The SMILES string of the molecule is N#Cc1cccc(-c2ccn(-c3ccccc3)n2)c1. The average molecular weight is 245 g/mol. The quantitative estimate of drug-likeness (QED) is 0.694. The van der Waals surface area contributed by atoms with Crippen molar-refractivity contribution in [1.82, 2.24) is 9.78 Å². The molecule has 1 heterocycles. The highest BCUT2D eigenvalue weighted by atomic mass is 15.3. The molecule has 0 amide bonds. The molecule has 0 aliphatic rings. The molecule has 0 spiro atoms.